The summed E-state index contributed by atoms with van der Waals surface area (Å²) < 4.78 is 0. The Morgan fingerprint density at radius 1 is 1.44 bits per heavy atom. The van der Waals surface area contributed by atoms with Crippen molar-refractivity contribution in [1.29, 1.82) is 0 Å². The summed E-state index contributed by atoms with van der Waals surface area (Å²) in [4.78, 5) is 14.2. The van der Waals surface area contributed by atoms with E-state index in [9.17, 15) is 4.79 Å². The molecule has 1 aliphatic rings. The van der Waals surface area contributed by atoms with Crippen molar-refractivity contribution in [3.05, 3.63) is 0 Å². The van der Waals surface area contributed by atoms with E-state index < -0.39 is 6.04 Å². The molecular formula is C14H29N3O. The van der Waals surface area contributed by atoms with Crippen molar-refractivity contribution in [2.45, 2.75) is 52.6 Å². The van der Waals surface area contributed by atoms with Crippen LogP contribution in [0.5, 0.6) is 0 Å². The van der Waals surface area contributed by atoms with E-state index in [1.165, 1.54) is 12.8 Å². The van der Waals surface area contributed by atoms with Gasteiger partial charge in [0.1, 0.15) is 0 Å². The summed E-state index contributed by atoms with van der Waals surface area (Å²) in [6, 6.07) is 0.00791. The molecule has 0 aromatic rings. The van der Waals surface area contributed by atoms with Gasteiger partial charge in [0.15, 0.2) is 0 Å². The van der Waals surface area contributed by atoms with Gasteiger partial charge in [-0.05, 0) is 38.1 Å². The van der Waals surface area contributed by atoms with Crippen LogP contribution in [0, 0.1) is 11.8 Å². The number of nitrogens with two attached hydrogens (primary N) is 1. The van der Waals surface area contributed by atoms with Crippen LogP contribution in [0.3, 0.4) is 0 Å². The molecule has 0 spiro atoms. The van der Waals surface area contributed by atoms with Crippen molar-refractivity contribution >= 4 is 5.91 Å². The van der Waals surface area contributed by atoms with Crippen LogP contribution >= 0.6 is 0 Å². The Morgan fingerprint density at radius 3 is 2.67 bits per heavy atom. The molecule has 2 unspecified atom stereocenters. The van der Waals surface area contributed by atoms with E-state index in [0.717, 1.165) is 19.0 Å². The second kappa shape index (κ2) is 7.10. The first-order chi connectivity index (χ1) is 8.41. The van der Waals surface area contributed by atoms with Gasteiger partial charge in [-0.15, -0.1) is 0 Å². The summed E-state index contributed by atoms with van der Waals surface area (Å²) in [5, 5.41) is 2.97. The van der Waals surface area contributed by atoms with E-state index in [2.05, 4.69) is 24.1 Å². The average molecular weight is 255 g/mol. The van der Waals surface area contributed by atoms with Crippen molar-refractivity contribution in [2.24, 2.45) is 17.6 Å². The van der Waals surface area contributed by atoms with Gasteiger partial charge in [-0.25, -0.2) is 0 Å². The van der Waals surface area contributed by atoms with Gasteiger partial charge in [0.25, 0.3) is 0 Å². The summed E-state index contributed by atoms with van der Waals surface area (Å²) in [6.07, 6.45) is 2.60. The summed E-state index contributed by atoms with van der Waals surface area (Å²) in [6.45, 7) is 11.4. The number of hydrogen-bond donors (Lipinski definition) is 2. The predicted molar refractivity (Wildman–Crippen MR) is 75.3 cm³/mol. The van der Waals surface area contributed by atoms with Crippen LogP contribution in [0.1, 0.15) is 40.5 Å². The van der Waals surface area contributed by atoms with Gasteiger partial charge >= 0.3 is 0 Å². The normalized spacial score (nSPS) is 24.9. The Labute approximate surface area is 111 Å². The number of rotatable bonds is 5. The molecule has 0 aromatic heterocycles. The van der Waals surface area contributed by atoms with Crippen LogP contribution in [0.4, 0.5) is 0 Å². The molecule has 1 rings (SSSR count). The summed E-state index contributed by atoms with van der Waals surface area (Å²) in [5.74, 6) is 0.937. The molecule has 3 atom stereocenters. The quantitative estimate of drug-likeness (QED) is 0.776. The Morgan fingerprint density at radius 2 is 2.11 bits per heavy atom. The molecule has 1 aliphatic heterocycles. The Balaban J connectivity index is 2.32. The van der Waals surface area contributed by atoms with E-state index in [1.54, 1.807) is 0 Å². The average Bonchev–Trinajstić information content (AvgIpc) is 2.34. The smallest absolute Gasteiger partial charge is 0.237 e. The zero-order valence-corrected chi connectivity index (χ0v) is 12.3. The Bertz CT molecular complexity index is 268. The molecule has 106 valence electrons. The molecule has 4 heteroatoms. The van der Waals surface area contributed by atoms with Gasteiger partial charge in [-0.3, -0.25) is 9.69 Å². The third kappa shape index (κ3) is 4.58. The number of likely N-dealkylation sites (tertiary alicyclic amines) is 1. The van der Waals surface area contributed by atoms with Gasteiger partial charge in [-0.1, -0.05) is 20.8 Å². The zero-order valence-electron chi connectivity index (χ0n) is 12.3. The fourth-order valence-electron chi connectivity index (χ4n) is 2.42. The van der Waals surface area contributed by atoms with Gasteiger partial charge < -0.3 is 11.1 Å². The third-order valence-corrected chi connectivity index (χ3v) is 3.90. The van der Waals surface area contributed by atoms with E-state index in [1.807, 2.05) is 13.8 Å². The molecule has 4 nitrogen and oxygen atoms in total. The molecule has 0 radical (unpaired) electrons. The molecule has 0 aliphatic carbocycles. The van der Waals surface area contributed by atoms with E-state index >= 15 is 0 Å². The number of carbonyl (C=O) groups excluding carboxylic acids is 1. The van der Waals surface area contributed by atoms with Crippen molar-refractivity contribution < 1.29 is 4.79 Å². The van der Waals surface area contributed by atoms with Gasteiger partial charge in [-0.2, -0.15) is 0 Å². The molecule has 1 amide bonds. The molecule has 18 heavy (non-hydrogen) atoms. The van der Waals surface area contributed by atoms with Gasteiger partial charge in [0.2, 0.25) is 5.91 Å². The summed E-state index contributed by atoms with van der Waals surface area (Å²) >= 11 is 0. The van der Waals surface area contributed by atoms with Crippen molar-refractivity contribution in [2.75, 3.05) is 19.6 Å². The SMILES string of the molecule is CC1CCCN(C(C)CNC(=O)[C@@H](N)C(C)C)C1. The predicted octanol–water partition coefficient (Wildman–Crippen LogP) is 1.21. The molecule has 0 saturated carbocycles. The lowest BCUT2D eigenvalue weighted by Gasteiger charge is -2.35. The molecule has 1 saturated heterocycles. The Hall–Kier alpha value is -0.610. The van der Waals surface area contributed by atoms with Gasteiger partial charge in [0, 0.05) is 19.1 Å². The lowest BCUT2D eigenvalue weighted by molar-refractivity contribution is -0.123. The number of nitrogens with zero attached hydrogens (tertiary/aromatic N) is 1. The first-order valence-corrected chi connectivity index (χ1v) is 7.19. The number of piperidine rings is 1. The highest BCUT2D eigenvalue weighted by atomic mass is 16.2. The maximum Gasteiger partial charge on any atom is 0.237 e. The van der Waals surface area contributed by atoms with Crippen LogP contribution in [-0.4, -0.2) is 42.5 Å². The number of carbonyl (C=O) groups is 1. The molecule has 1 fully saturated rings. The highest BCUT2D eigenvalue weighted by Gasteiger charge is 2.22. The highest BCUT2D eigenvalue weighted by molar-refractivity contribution is 5.81. The first kappa shape index (κ1) is 15.4. The van der Waals surface area contributed by atoms with Gasteiger partial charge in [0.05, 0.1) is 6.04 Å². The van der Waals surface area contributed by atoms with E-state index in [-0.39, 0.29) is 11.8 Å². The Kier molecular flexibility index (Phi) is 6.09. The summed E-state index contributed by atoms with van der Waals surface area (Å²) in [7, 11) is 0. The molecule has 1 heterocycles. The minimum absolute atomic E-state index is 0.0260. The molecule has 0 aromatic carbocycles. The van der Waals surface area contributed by atoms with Crippen LogP contribution in [0.15, 0.2) is 0 Å². The topological polar surface area (TPSA) is 58.4 Å². The highest BCUT2D eigenvalue weighted by Crippen LogP contribution is 2.17. The van der Waals surface area contributed by atoms with Crippen LogP contribution in [-0.2, 0) is 4.79 Å². The first-order valence-electron chi connectivity index (χ1n) is 7.19. The minimum Gasteiger partial charge on any atom is -0.353 e. The second-order valence-electron chi connectivity index (χ2n) is 6.11. The molecule has 3 N–H and O–H groups in total. The van der Waals surface area contributed by atoms with Crippen molar-refractivity contribution in [1.82, 2.24) is 10.2 Å². The van der Waals surface area contributed by atoms with Crippen LogP contribution in [0.2, 0.25) is 0 Å². The molecule has 0 bridgehead atoms. The number of hydrogen-bond acceptors (Lipinski definition) is 3. The maximum atomic E-state index is 11.8. The lowest BCUT2D eigenvalue weighted by atomic mass is 9.99. The maximum absolute atomic E-state index is 11.8. The largest absolute Gasteiger partial charge is 0.353 e. The van der Waals surface area contributed by atoms with E-state index in [0.29, 0.717) is 12.6 Å². The second-order valence-corrected chi connectivity index (χ2v) is 6.11. The van der Waals surface area contributed by atoms with Crippen LogP contribution < -0.4 is 11.1 Å². The fraction of sp³-hybridized carbons (Fsp3) is 0.929. The lowest BCUT2D eigenvalue weighted by Crippen LogP contribution is -2.50. The fourth-order valence-corrected chi connectivity index (χ4v) is 2.42. The van der Waals surface area contributed by atoms with Crippen molar-refractivity contribution in [3.63, 3.8) is 0 Å². The minimum atomic E-state index is -0.391. The zero-order chi connectivity index (χ0) is 13.7. The number of nitrogens with one attached hydrogen (secondary N) is 1. The van der Waals surface area contributed by atoms with Crippen molar-refractivity contribution in [3.8, 4) is 0 Å². The van der Waals surface area contributed by atoms with Crippen LogP contribution in [0.25, 0.3) is 0 Å². The number of amides is 1. The summed E-state index contributed by atoms with van der Waals surface area (Å²) in [5.41, 5.74) is 5.82. The monoisotopic (exact) mass is 255 g/mol. The standard InChI is InChI=1S/C14H29N3O/c1-10(2)13(15)14(18)16-8-12(4)17-7-5-6-11(3)9-17/h10-13H,5-9,15H2,1-4H3,(H,16,18)/t11?,12?,13-/m0/s1. The third-order valence-electron chi connectivity index (χ3n) is 3.90. The molecular weight excluding hydrogens is 226 g/mol. The van der Waals surface area contributed by atoms with E-state index in [4.69, 9.17) is 5.73 Å².